The molecule has 0 fully saturated rings. The van der Waals surface area contributed by atoms with Crippen LogP contribution >= 0.6 is 11.3 Å². The number of allylic oxidation sites excluding steroid dienone is 1. The molecule has 14 heavy (non-hydrogen) atoms. The maximum atomic E-state index is 3.46. The maximum Gasteiger partial charge on any atom is -0.00113 e. The molecule has 1 aromatic rings. The van der Waals surface area contributed by atoms with Crippen LogP contribution in [0.3, 0.4) is 0 Å². The predicted octanol–water partition coefficient (Wildman–Crippen LogP) is 4.89. The highest BCUT2D eigenvalue weighted by atomic mass is 32.1. The van der Waals surface area contributed by atoms with Crippen LogP contribution in [0.1, 0.15) is 45.6 Å². The first-order valence-electron chi connectivity index (χ1n) is 5.19. The van der Waals surface area contributed by atoms with Gasteiger partial charge in [0.15, 0.2) is 0 Å². The second-order valence-electron chi connectivity index (χ2n) is 3.65. The Morgan fingerprint density at radius 2 is 2.21 bits per heavy atom. The molecule has 76 valence electrons. The third kappa shape index (κ3) is 3.53. The molecule has 0 saturated carbocycles. The summed E-state index contributed by atoms with van der Waals surface area (Å²) in [6, 6.07) is 2.15. The van der Waals surface area contributed by atoms with Gasteiger partial charge in [-0.15, -0.1) is 5.73 Å². The average molecular weight is 206 g/mol. The van der Waals surface area contributed by atoms with Gasteiger partial charge < -0.3 is 0 Å². The lowest BCUT2D eigenvalue weighted by atomic mass is 10.1. The molecule has 0 amide bonds. The van der Waals surface area contributed by atoms with E-state index in [-0.39, 0.29) is 0 Å². The van der Waals surface area contributed by atoms with Crippen LogP contribution in [0.25, 0.3) is 5.57 Å². The van der Waals surface area contributed by atoms with E-state index in [1.165, 1.54) is 36.0 Å². The molecule has 0 unspecified atom stereocenters. The molecule has 1 aromatic heterocycles. The highest BCUT2D eigenvalue weighted by Crippen LogP contribution is 2.17. The molecule has 0 N–H and O–H groups in total. The van der Waals surface area contributed by atoms with Crippen molar-refractivity contribution >= 4 is 16.9 Å². The van der Waals surface area contributed by atoms with E-state index in [1.54, 1.807) is 11.3 Å². The summed E-state index contributed by atoms with van der Waals surface area (Å²) in [6.07, 6.45) is 3.71. The molecule has 1 rings (SSSR count). The molecule has 0 aromatic carbocycles. The molecule has 0 aliphatic carbocycles. The van der Waals surface area contributed by atoms with Crippen LogP contribution < -0.4 is 0 Å². The normalized spacial score (nSPS) is 9.64. The van der Waals surface area contributed by atoms with E-state index in [0.717, 1.165) is 0 Å². The fourth-order valence-corrected chi connectivity index (χ4v) is 2.08. The number of hydrogen-bond donors (Lipinski definition) is 0. The van der Waals surface area contributed by atoms with Gasteiger partial charge in [-0.2, -0.15) is 11.3 Å². The summed E-state index contributed by atoms with van der Waals surface area (Å²) >= 11 is 1.74. The molecular weight excluding hydrogens is 188 g/mol. The second-order valence-corrected chi connectivity index (χ2v) is 4.43. The zero-order valence-corrected chi connectivity index (χ0v) is 10.1. The van der Waals surface area contributed by atoms with E-state index in [9.17, 15) is 0 Å². The first kappa shape index (κ1) is 11.3. The first-order valence-corrected chi connectivity index (χ1v) is 6.14. The van der Waals surface area contributed by atoms with Gasteiger partial charge in [-0.3, -0.25) is 0 Å². The van der Waals surface area contributed by atoms with Gasteiger partial charge in [-0.1, -0.05) is 13.3 Å². The summed E-state index contributed by atoms with van der Waals surface area (Å²) in [5.74, 6) is 0. The fraction of sp³-hybridized carbons (Fsp3) is 0.462. The van der Waals surface area contributed by atoms with Gasteiger partial charge in [-0.05, 0) is 60.2 Å². The molecule has 1 heteroatoms. The number of hydrogen-bond acceptors (Lipinski definition) is 1. The van der Waals surface area contributed by atoms with Crippen LogP contribution in [0.5, 0.6) is 0 Å². The van der Waals surface area contributed by atoms with E-state index in [0.29, 0.717) is 0 Å². The molecule has 0 saturated heterocycles. The monoisotopic (exact) mass is 206 g/mol. The van der Waals surface area contributed by atoms with Crippen molar-refractivity contribution in [2.24, 2.45) is 0 Å². The molecule has 0 aliphatic heterocycles. The third-order valence-electron chi connectivity index (χ3n) is 2.26. The Morgan fingerprint density at radius 1 is 1.43 bits per heavy atom. The van der Waals surface area contributed by atoms with Gasteiger partial charge in [0.05, 0.1) is 0 Å². The fourth-order valence-electron chi connectivity index (χ4n) is 1.37. The quantitative estimate of drug-likeness (QED) is 0.615. The summed E-state index contributed by atoms with van der Waals surface area (Å²) in [7, 11) is 0. The zero-order chi connectivity index (χ0) is 10.4. The highest BCUT2D eigenvalue weighted by Gasteiger charge is 1.94. The lowest BCUT2D eigenvalue weighted by Gasteiger charge is -1.96. The van der Waals surface area contributed by atoms with Crippen LogP contribution in [0.4, 0.5) is 0 Å². The van der Waals surface area contributed by atoms with E-state index < -0.39 is 0 Å². The summed E-state index contributed by atoms with van der Waals surface area (Å²) in [4.78, 5) is 0. The van der Waals surface area contributed by atoms with Crippen molar-refractivity contribution in [1.82, 2.24) is 0 Å². The molecule has 0 spiro atoms. The van der Waals surface area contributed by atoms with E-state index in [1.807, 2.05) is 0 Å². The number of rotatable bonds is 4. The van der Waals surface area contributed by atoms with Gasteiger partial charge >= 0.3 is 0 Å². The third-order valence-corrected chi connectivity index (χ3v) is 2.94. The molecule has 0 nitrogen and oxygen atoms in total. The zero-order valence-electron chi connectivity index (χ0n) is 9.26. The van der Waals surface area contributed by atoms with Crippen molar-refractivity contribution in [2.75, 3.05) is 0 Å². The van der Waals surface area contributed by atoms with Crippen molar-refractivity contribution < 1.29 is 0 Å². The van der Waals surface area contributed by atoms with Crippen molar-refractivity contribution in [2.45, 2.75) is 40.0 Å². The Kier molecular flexibility index (Phi) is 4.72. The molecular formula is C13H18S. The van der Waals surface area contributed by atoms with Gasteiger partial charge in [-0.25, -0.2) is 0 Å². The maximum absolute atomic E-state index is 3.46. The minimum atomic E-state index is 1.18. The second kappa shape index (κ2) is 5.85. The standard InChI is InChI=1S/C13H18S/c1-4-5-6-11(2)9-12(3)13-7-8-14-10-13/h7-8,10H,4-6H2,1-3H3. The molecule has 0 bridgehead atoms. The topological polar surface area (TPSA) is 0 Å². The highest BCUT2D eigenvalue weighted by molar-refractivity contribution is 7.08. The Hall–Kier alpha value is -0.780. The minimum Gasteiger partial charge on any atom is -0.152 e. The van der Waals surface area contributed by atoms with Crippen LogP contribution in [0, 0.1) is 0 Å². The smallest absolute Gasteiger partial charge is 0.00113 e. The Bertz CT molecular complexity index is 324. The lowest BCUT2D eigenvalue weighted by Crippen LogP contribution is -1.76. The largest absolute Gasteiger partial charge is 0.152 e. The van der Waals surface area contributed by atoms with Crippen molar-refractivity contribution in [3.63, 3.8) is 0 Å². The average Bonchev–Trinajstić information content (AvgIpc) is 2.67. The number of thiophene rings is 1. The Labute approximate surface area is 91.0 Å². The van der Waals surface area contributed by atoms with Crippen LogP contribution in [-0.4, -0.2) is 0 Å². The van der Waals surface area contributed by atoms with Gasteiger partial charge in [0.2, 0.25) is 0 Å². The Morgan fingerprint density at radius 3 is 2.79 bits per heavy atom. The molecule has 0 atom stereocenters. The van der Waals surface area contributed by atoms with Crippen molar-refractivity contribution in [3.8, 4) is 0 Å². The van der Waals surface area contributed by atoms with Crippen LogP contribution in [0.2, 0.25) is 0 Å². The van der Waals surface area contributed by atoms with Gasteiger partial charge in [0.1, 0.15) is 0 Å². The minimum absolute atomic E-state index is 1.18. The molecule has 0 radical (unpaired) electrons. The van der Waals surface area contributed by atoms with Crippen molar-refractivity contribution in [1.29, 1.82) is 0 Å². The summed E-state index contributed by atoms with van der Waals surface area (Å²) < 4.78 is 0. The van der Waals surface area contributed by atoms with Crippen LogP contribution in [-0.2, 0) is 0 Å². The van der Waals surface area contributed by atoms with Crippen LogP contribution in [0.15, 0.2) is 28.1 Å². The summed E-state index contributed by atoms with van der Waals surface area (Å²) in [6.45, 7) is 6.53. The summed E-state index contributed by atoms with van der Waals surface area (Å²) in [5, 5.41) is 4.29. The SMILES string of the molecule is CCCCC(C)=C=C(C)c1ccsc1. The van der Waals surface area contributed by atoms with E-state index >= 15 is 0 Å². The number of unbranched alkanes of at least 4 members (excludes halogenated alkanes) is 1. The molecule has 0 aliphatic rings. The molecule has 1 heterocycles. The van der Waals surface area contributed by atoms with Gasteiger partial charge in [0.25, 0.3) is 0 Å². The first-order chi connectivity index (χ1) is 6.74. The lowest BCUT2D eigenvalue weighted by molar-refractivity contribution is 0.788. The summed E-state index contributed by atoms with van der Waals surface area (Å²) in [5.41, 5.74) is 7.40. The Balaban J connectivity index is 2.75. The van der Waals surface area contributed by atoms with E-state index in [2.05, 4.69) is 43.3 Å². The predicted molar refractivity (Wildman–Crippen MR) is 65.6 cm³/mol. The van der Waals surface area contributed by atoms with E-state index in [4.69, 9.17) is 0 Å². The van der Waals surface area contributed by atoms with Crippen molar-refractivity contribution in [3.05, 3.63) is 33.7 Å². The van der Waals surface area contributed by atoms with Gasteiger partial charge in [0, 0.05) is 0 Å².